The smallest absolute Gasteiger partial charge is 0.329 e. The van der Waals surface area contributed by atoms with Gasteiger partial charge in [-0.1, -0.05) is 18.1 Å². The number of aromatic amines is 1. The highest BCUT2D eigenvalue weighted by Crippen LogP contribution is 2.38. The normalized spacial score (nSPS) is 17.7. The molecule has 0 bridgehead atoms. The van der Waals surface area contributed by atoms with Crippen LogP contribution < -0.4 is 31.3 Å². The van der Waals surface area contributed by atoms with E-state index in [0.29, 0.717) is 30.4 Å². The lowest BCUT2D eigenvalue weighted by atomic mass is 10.2. The zero-order chi connectivity index (χ0) is 25.4. The van der Waals surface area contributed by atoms with Gasteiger partial charge in [-0.2, -0.15) is 0 Å². The average Bonchev–Trinajstić information content (AvgIpc) is 3.20. The number of anilines is 3. The molecule has 11 heteroatoms. The van der Waals surface area contributed by atoms with Crippen LogP contribution in [0.3, 0.4) is 0 Å². The van der Waals surface area contributed by atoms with Crippen LogP contribution in [0.4, 0.5) is 17.3 Å². The molecular weight excluding hydrogens is 458 g/mol. The second-order valence-corrected chi connectivity index (χ2v) is 9.18. The van der Waals surface area contributed by atoms with Crippen LogP contribution in [0.2, 0.25) is 0 Å². The van der Waals surface area contributed by atoms with E-state index in [9.17, 15) is 9.59 Å². The maximum absolute atomic E-state index is 13.1. The third-order valence-corrected chi connectivity index (χ3v) is 6.66. The lowest BCUT2D eigenvalue weighted by Gasteiger charge is -2.41. The second kappa shape index (κ2) is 9.64. The highest BCUT2D eigenvalue weighted by molar-refractivity contribution is 5.89. The largest absolute Gasteiger partial charge is 0.362 e. The predicted molar refractivity (Wildman–Crippen MR) is 141 cm³/mol. The van der Waals surface area contributed by atoms with Crippen molar-refractivity contribution in [3.05, 3.63) is 50.9 Å². The van der Waals surface area contributed by atoms with E-state index in [4.69, 9.17) is 9.97 Å². The van der Waals surface area contributed by atoms with Crippen molar-refractivity contribution in [3.63, 3.8) is 0 Å². The first-order chi connectivity index (χ1) is 17.4. The molecule has 0 saturated carbocycles. The summed E-state index contributed by atoms with van der Waals surface area (Å²) in [6.07, 6.45) is -0.310. The molecular formula is C25H31N9O2. The highest BCUT2D eigenvalue weighted by Gasteiger charge is 2.43. The minimum absolute atomic E-state index is 0.310. The average molecular weight is 490 g/mol. The summed E-state index contributed by atoms with van der Waals surface area (Å²) in [6.45, 7) is 5.71. The summed E-state index contributed by atoms with van der Waals surface area (Å²) in [7, 11) is 5.60. The molecule has 1 aromatic carbocycles. The standard InChI is InChI=1S/C25H31N9O2/c1-5-6-13-33-20-22(35)29-24(36)31(4)23(20)34(25(33)32-14-11-26-12-15-32)16-19-27-18-10-8-7-9-17(18)21(28-19)30(2)3/h7-10,25-26H,11-16H2,1-4H3,(H,29,35,36). The van der Waals surface area contributed by atoms with Crippen LogP contribution in [0.5, 0.6) is 0 Å². The minimum atomic E-state index is -0.459. The molecule has 11 nitrogen and oxygen atoms in total. The molecule has 1 atom stereocenters. The van der Waals surface area contributed by atoms with Gasteiger partial charge in [-0.15, -0.1) is 5.92 Å². The van der Waals surface area contributed by atoms with Crippen LogP contribution >= 0.6 is 0 Å². The van der Waals surface area contributed by atoms with Crippen molar-refractivity contribution in [2.24, 2.45) is 7.05 Å². The third-order valence-electron chi connectivity index (χ3n) is 6.66. The second-order valence-electron chi connectivity index (χ2n) is 9.18. The van der Waals surface area contributed by atoms with Crippen molar-refractivity contribution in [2.75, 3.05) is 61.5 Å². The number of H-pyrrole nitrogens is 1. The van der Waals surface area contributed by atoms with Crippen molar-refractivity contribution >= 4 is 28.2 Å². The highest BCUT2D eigenvalue weighted by atomic mass is 16.2. The third kappa shape index (κ3) is 4.08. The van der Waals surface area contributed by atoms with Gasteiger partial charge in [-0.25, -0.2) is 14.8 Å². The molecule has 2 aliphatic rings. The number of nitrogens with one attached hydrogen (secondary N) is 2. The molecule has 188 valence electrons. The van der Waals surface area contributed by atoms with Crippen LogP contribution in [0, 0.1) is 11.8 Å². The Bertz CT molecular complexity index is 1460. The van der Waals surface area contributed by atoms with Crippen LogP contribution in [0.25, 0.3) is 10.9 Å². The first-order valence-electron chi connectivity index (χ1n) is 12.0. The summed E-state index contributed by atoms with van der Waals surface area (Å²) < 4.78 is 1.50. The lowest BCUT2D eigenvalue weighted by Crippen LogP contribution is -2.60. The van der Waals surface area contributed by atoms with Crippen molar-refractivity contribution < 1.29 is 0 Å². The quantitative estimate of drug-likeness (QED) is 0.484. The lowest BCUT2D eigenvalue weighted by molar-refractivity contribution is 0.168. The van der Waals surface area contributed by atoms with E-state index in [1.807, 2.05) is 48.2 Å². The Labute approximate surface area is 209 Å². The van der Waals surface area contributed by atoms with Crippen molar-refractivity contribution in [1.29, 1.82) is 0 Å². The first kappa shape index (κ1) is 23.8. The molecule has 1 saturated heterocycles. The number of nitrogens with zero attached hydrogens (tertiary/aromatic N) is 7. The fraction of sp³-hybridized carbons (Fsp3) is 0.440. The van der Waals surface area contributed by atoms with Crippen molar-refractivity contribution in [1.82, 2.24) is 29.7 Å². The number of hydrogen-bond acceptors (Lipinski definition) is 9. The first-order valence-corrected chi connectivity index (χ1v) is 12.0. The van der Waals surface area contributed by atoms with Gasteiger partial charge in [0.1, 0.15) is 17.3 Å². The van der Waals surface area contributed by atoms with Crippen LogP contribution in [0.15, 0.2) is 33.9 Å². The van der Waals surface area contributed by atoms with Gasteiger partial charge in [-0.3, -0.25) is 19.2 Å². The summed E-state index contributed by atoms with van der Waals surface area (Å²) in [5, 5.41) is 4.36. The predicted octanol–water partition coefficient (Wildman–Crippen LogP) is 0.122. The number of rotatable bonds is 5. The van der Waals surface area contributed by atoms with Gasteiger partial charge >= 0.3 is 5.69 Å². The molecule has 0 radical (unpaired) electrons. The number of benzene rings is 1. The zero-order valence-corrected chi connectivity index (χ0v) is 21.1. The fourth-order valence-electron chi connectivity index (χ4n) is 5.04. The number of aromatic nitrogens is 4. The van der Waals surface area contributed by atoms with Crippen LogP contribution in [-0.2, 0) is 13.6 Å². The molecule has 5 rings (SSSR count). The van der Waals surface area contributed by atoms with Gasteiger partial charge in [0, 0.05) is 52.7 Å². The molecule has 4 heterocycles. The number of hydrogen-bond donors (Lipinski definition) is 2. The molecule has 2 aliphatic heterocycles. The molecule has 2 aromatic heterocycles. The topological polar surface area (TPSA) is 106 Å². The molecule has 2 N–H and O–H groups in total. The molecule has 0 spiro atoms. The molecule has 0 aliphatic carbocycles. The van der Waals surface area contributed by atoms with Crippen molar-refractivity contribution in [2.45, 2.75) is 19.8 Å². The van der Waals surface area contributed by atoms with E-state index in [0.717, 1.165) is 42.9 Å². The summed E-state index contributed by atoms with van der Waals surface area (Å²) in [5.41, 5.74) is 0.413. The number of para-hydroxylation sites is 1. The van der Waals surface area contributed by atoms with E-state index in [1.54, 1.807) is 14.0 Å². The number of piperazine rings is 1. The van der Waals surface area contributed by atoms with Crippen LogP contribution in [-0.4, -0.2) is 77.5 Å². The van der Waals surface area contributed by atoms with Crippen LogP contribution in [0.1, 0.15) is 12.7 Å². The SMILES string of the molecule is CC#CCN1c2c(n(C)c(=O)[nH]c2=O)N(Cc2nc(N(C)C)c3ccccc3n2)C1N1CCNCC1. The van der Waals surface area contributed by atoms with Gasteiger partial charge in [-0.05, 0) is 19.1 Å². The van der Waals surface area contributed by atoms with Gasteiger partial charge in [0.2, 0.25) is 0 Å². The summed E-state index contributed by atoms with van der Waals surface area (Å²) in [4.78, 5) is 46.4. The van der Waals surface area contributed by atoms with E-state index < -0.39 is 11.2 Å². The summed E-state index contributed by atoms with van der Waals surface area (Å²) >= 11 is 0. The Morgan fingerprint density at radius 1 is 1.11 bits per heavy atom. The fourth-order valence-corrected chi connectivity index (χ4v) is 5.04. The Morgan fingerprint density at radius 3 is 2.58 bits per heavy atom. The molecule has 36 heavy (non-hydrogen) atoms. The zero-order valence-electron chi connectivity index (χ0n) is 21.1. The summed E-state index contributed by atoms with van der Waals surface area (Å²) in [5.74, 6) is 8.05. The Hall–Kier alpha value is -3.88. The Kier molecular flexibility index (Phi) is 6.38. The monoisotopic (exact) mass is 489 g/mol. The van der Waals surface area contributed by atoms with E-state index in [1.165, 1.54) is 4.57 Å². The van der Waals surface area contributed by atoms with Gasteiger partial charge < -0.3 is 20.0 Å². The molecule has 3 aromatic rings. The van der Waals surface area contributed by atoms with Gasteiger partial charge in [0.05, 0.1) is 18.6 Å². The maximum atomic E-state index is 13.1. The molecule has 1 fully saturated rings. The van der Waals surface area contributed by atoms with Crippen molar-refractivity contribution in [3.8, 4) is 11.8 Å². The number of fused-ring (bicyclic) bond motifs is 2. The van der Waals surface area contributed by atoms with E-state index >= 15 is 0 Å². The Balaban J connectivity index is 1.68. The molecule has 0 amide bonds. The van der Waals surface area contributed by atoms with E-state index in [-0.39, 0.29) is 6.29 Å². The van der Waals surface area contributed by atoms with E-state index in [2.05, 4.69) is 31.9 Å². The van der Waals surface area contributed by atoms with Gasteiger partial charge in [0.25, 0.3) is 5.56 Å². The maximum Gasteiger partial charge on any atom is 0.329 e. The minimum Gasteiger partial charge on any atom is -0.362 e. The molecule has 1 unspecified atom stereocenters. The van der Waals surface area contributed by atoms with Gasteiger partial charge in [0.15, 0.2) is 12.1 Å². The summed E-state index contributed by atoms with van der Waals surface area (Å²) in [6, 6.07) is 7.92. The Morgan fingerprint density at radius 2 is 1.86 bits per heavy atom.